The number of nitrogens with one attached hydrogen (secondary N) is 1. The average molecular weight is 315 g/mol. The third-order valence-corrected chi connectivity index (χ3v) is 5.14. The highest BCUT2D eigenvalue weighted by Crippen LogP contribution is 2.32. The third-order valence-electron chi connectivity index (χ3n) is 5.14. The number of hydrogen-bond donors (Lipinski definition) is 1. The Bertz CT molecular complexity index is 560. The largest absolute Gasteiger partial charge is 0.445 e. The summed E-state index contributed by atoms with van der Waals surface area (Å²) in [6.45, 7) is 2.20. The van der Waals surface area contributed by atoms with Crippen LogP contribution in [0.3, 0.4) is 0 Å². The van der Waals surface area contributed by atoms with Crippen molar-refractivity contribution < 1.29 is 14.3 Å². The third kappa shape index (κ3) is 3.92. The minimum absolute atomic E-state index is 0.0892. The van der Waals surface area contributed by atoms with Crippen molar-refractivity contribution in [2.45, 2.75) is 64.0 Å². The van der Waals surface area contributed by atoms with E-state index >= 15 is 0 Å². The van der Waals surface area contributed by atoms with Gasteiger partial charge in [0, 0.05) is 6.42 Å². The number of carbonyl (C=O) groups is 2. The standard InChI is InChI=1S/C19H25NO3/c1-13-11-17(21)18(13)20-19(22)23-12-14-7-9-16(10-8-14)15-5-3-2-4-6-15/h7-10,13,15,18H,2-6,11-12H2,1H3,(H,20,22)/t13-,18-/m1/s1. The summed E-state index contributed by atoms with van der Waals surface area (Å²) in [4.78, 5) is 23.1. The van der Waals surface area contributed by atoms with Crippen molar-refractivity contribution in [2.75, 3.05) is 0 Å². The highest BCUT2D eigenvalue weighted by molar-refractivity contribution is 5.93. The molecule has 2 fully saturated rings. The van der Waals surface area contributed by atoms with Gasteiger partial charge >= 0.3 is 6.09 Å². The zero-order valence-corrected chi connectivity index (χ0v) is 13.7. The van der Waals surface area contributed by atoms with E-state index in [-0.39, 0.29) is 24.3 Å². The Hall–Kier alpha value is -1.84. The van der Waals surface area contributed by atoms with Crippen LogP contribution in [0.4, 0.5) is 4.79 Å². The summed E-state index contributed by atoms with van der Waals surface area (Å²) in [5.74, 6) is 0.990. The fraction of sp³-hybridized carbons (Fsp3) is 0.579. The van der Waals surface area contributed by atoms with Gasteiger partial charge in [0.15, 0.2) is 5.78 Å². The second-order valence-corrected chi connectivity index (χ2v) is 6.92. The smallest absolute Gasteiger partial charge is 0.408 e. The van der Waals surface area contributed by atoms with Gasteiger partial charge in [-0.2, -0.15) is 0 Å². The average Bonchev–Trinajstić information content (AvgIpc) is 2.59. The molecule has 0 aromatic heterocycles. The van der Waals surface area contributed by atoms with Crippen LogP contribution in [-0.4, -0.2) is 17.9 Å². The monoisotopic (exact) mass is 315 g/mol. The van der Waals surface area contributed by atoms with E-state index in [4.69, 9.17) is 4.74 Å². The summed E-state index contributed by atoms with van der Waals surface area (Å²) in [6.07, 6.45) is 6.62. The number of hydrogen-bond acceptors (Lipinski definition) is 3. The molecule has 124 valence electrons. The lowest BCUT2D eigenvalue weighted by molar-refractivity contribution is -0.129. The summed E-state index contributed by atoms with van der Waals surface area (Å²) in [7, 11) is 0. The molecule has 2 aliphatic rings. The van der Waals surface area contributed by atoms with Crippen molar-refractivity contribution in [1.82, 2.24) is 5.32 Å². The lowest BCUT2D eigenvalue weighted by atomic mass is 9.80. The number of ketones is 1. The van der Waals surface area contributed by atoms with Gasteiger partial charge in [0.2, 0.25) is 0 Å². The molecule has 0 bridgehead atoms. The SMILES string of the molecule is C[C@@H]1CC(=O)[C@@H]1NC(=O)OCc1ccc(C2CCCCC2)cc1. The van der Waals surface area contributed by atoms with Crippen LogP contribution in [0.25, 0.3) is 0 Å². The molecular weight excluding hydrogens is 290 g/mol. The molecule has 1 aromatic carbocycles. The second kappa shape index (κ2) is 7.16. The van der Waals surface area contributed by atoms with Crippen molar-refractivity contribution in [1.29, 1.82) is 0 Å². The van der Waals surface area contributed by atoms with E-state index in [1.807, 2.05) is 19.1 Å². The predicted octanol–water partition coefficient (Wildman–Crippen LogP) is 3.94. The van der Waals surface area contributed by atoms with Crippen molar-refractivity contribution in [3.8, 4) is 0 Å². The van der Waals surface area contributed by atoms with E-state index in [0.29, 0.717) is 12.3 Å². The van der Waals surface area contributed by atoms with Gasteiger partial charge in [-0.1, -0.05) is 50.5 Å². The Labute approximate surface area is 137 Å². The molecule has 4 heteroatoms. The van der Waals surface area contributed by atoms with E-state index in [1.165, 1.54) is 37.7 Å². The van der Waals surface area contributed by atoms with Crippen LogP contribution in [0.5, 0.6) is 0 Å². The highest BCUT2D eigenvalue weighted by atomic mass is 16.5. The number of rotatable bonds is 4. The Morgan fingerprint density at radius 3 is 2.48 bits per heavy atom. The van der Waals surface area contributed by atoms with E-state index in [1.54, 1.807) is 0 Å². The maximum Gasteiger partial charge on any atom is 0.408 e. The predicted molar refractivity (Wildman–Crippen MR) is 88.2 cm³/mol. The van der Waals surface area contributed by atoms with Crippen LogP contribution in [0.1, 0.15) is 62.5 Å². The van der Waals surface area contributed by atoms with Gasteiger partial charge in [-0.05, 0) is 35.8 Å². The van der Waals surface area contributed by atoms with E-state index in [2.05, 4.69) is 17.4 Å². The van der Waals surface area contributed by atoms with Crippen LogP contribution in [0.2, 0.25) is 0 Å². The first kappa shape index (κ1) is 16.0. The maximum absolute atomic E-state index is 11.7. The van der Waals surface area contributed by atoms with Crippen LogP contribution < -0.4 is 5.32 Å². The van der Waals surface area contributed by atoms with E-state index < -0.39 is 6.09 Å². The quantitative estimate of drug-likeness (QED) is 0.915. The molecule has 4 nitrogen and oxygen atoms in total. The molecule has 0 spiro atoms. The first-order chi connectivity index (χ1) is 11.1. The highest BCUT2D eigenvalue weighted by Gasteiger charge is 2.37. The van der Waals surface area contributed by atoms with Crippen molar-refractivity contribution in [3.63, 3.8) is 0 Å². The molecule has 0 unspecified atom stereocenters. The zero-order chi connectivity index (χ0) is 16.2. The number of Topliss-reactive ketones (excluding diaryl/α,β-unsaturated/α-hetero) is 1. The van der Waals surface area contributed by atoms with Crippen LogP contribution in [0.15, 0.2) is 24.3 Å². The normalized spacial score (nSPS) is 24.8. The van der Waals surface area contributed by atoms with Gasteiger partial charge in [-0.15, -0.1) is 0 Å². The molecule has 2 saturated carbocycles. The van der Waals surface area contributed by atoms with Crippen LogP contribution in [-0.2, 0) is 16.1 Å². The fourth-order valence-electron chi connectivity index (χ4n) is 3.58. The molecule has 1 amide bonds. The Balaban J connectivity index is 1.46. The van der Waals surface area contributed by atoms with Gasteiger partial charge in [0.25, 0.3) is 0 Å². The Morgan fingerprint density at radius 1 is 1.17 bits per heavy atom. The summed E-state index contributed by atoms with van der Waals surface area (Å²) in [5.41, 5.74) is 2.37. The number of carbonyl (C=O) groups excluding carboxylic acids is 2. The summed E-state index contributed by atoms with van der Waals surface area (Å²) < 4.78 is 5.21. The molecule has 0 aliphatic heterocycles. The van der Waals surface area contributed by atoms with Crippen molar-refractivity contribution in [2.24, 2.45) is 5.92 Å². The molecule has 1 aromatic rings. The van der Waals surface area contributed by atoms with E-state index in [9.17, 15) is 9.59 Å². The van der Waals surface area contributed by atoms with Crippen LogP contribution >= 0.6 is 0 Å². The first-order valence-electron chi connectivity index (χ1n) is 8.68. The summed E-state index contributed by atoms with van der Waals surface area (Å²) >= 11 is 0. The van der Waals surface area contributed by atoms with Gasteiger partial charge in [0.05, 0.1) is 6.04 Å². The number of ether oxygens (including phenoxy) is 1. The Morgan fingerprint density at radius 2 is 1.87 bits per heavy atom. The van der Waals surface area contributed by atoms with Gasteiger partial charge in [-0.25, -0.2) is 4.79 Å². The molecule has 0 radical (unpaired) electrons. The Kier molecular flexibility index (Phi) is 4.99. The number of benzene rings is 1. The number of amides is 1. The topological polar surface area (TPSA) is 55.4 Å². The minimum Gasteiger partial charge on any atom is -0.445 e. The summed E-state index contributed by atoms with van der Waals surface area (Å²) in [5, 5.41) is 2.64. The van der Waals surface area contributed by atoms with Gasteiger partial charge in [0.1, 0.15) is 6.61 Å². The van der Waals surface area contributed by atoms with Crippen molar-refractivity contribution >= 4 is 11.9 Å². The molecule has 0 saturated heterocycles. The minimum atomic E-state index is -0.508. The first-order valence-corrected chi connectivity index (χ1v) is 8.68. The number of alkyl carbamates (subject to hydrolysis) is 1. The lowest BCUT2D eigenvalue weighted by Gasteiger charge is -2.32. The van der Waals surface area contributed by atoms with E-state index in [0.717, 1.165) is 5.56 Å². The second-order valence-electron chi connectivity index (χ2n) is 6.92. The molecule has 2 aliphatic carbocycles. The molecule has 1 N–H and O–H groups in total. The molecular formula is C19H25NO3. The van der Waals surface area contributed by atoms with Crippen LogP contribution in [0, 0.1) is 5.92 Å². The van der Waals surface area contributed by atoms with Gasteiger partial charge < -0.3 is 10.1 Å². The molecule has 2 atom stereocenters. The van der Waals surface area contributed by atoms with Crippen molar-refractivity contribution in [3.05, 3.63) is 35.4 Å². The molecule has 0 heterocycles. The summed E-state index contributed by atoms with van der Waals surface area (Å²) in [6, 6.07) is 8.02. The zero-order valence-electron chi connectivity index (χ0n) is 13.7. The molecule has 23 heavy (non-hydrogen) atoms. The lowest BCUT2D eigenvalue weighted by Crippen LogP contribution is -2.53. The fourth-order valence-corrected chi connectivity index (χ4v) is 3.58. The van der Waals surface area contributed by atoms with Gasteiger partial charge in [-0.3, -0.25) is 4.79 Å². The molecule has 3 rings (SSSR count). The maximum atomic E-state index is 11.7.